The summed E-state index contributed by atoms with van der Waals surface area (Å²) in [4.78, 5) is 5.08. The Balaban J connectivity index is 1.41. The van der Waals surface area contributed by atoms with Crippen LogP contribution < -0.4 is 18.5 Å². The molecule has 2 heterocycles. The Morgan fingerprint density at radius 2 is 1.83 bits per heavy atom. The van der Waals surface area contributed by atoms with Crippen molar-refractivity contribution in [3.63, 3.8) is 0 Å². The molecule has 1 aliphatic heterocycles. The van der Waals surface area contributed by atoms with E-state index in [0.29, 0.717) is 47.7 Å². The number of halogens is 4. The molecule has 0 amide bonds. The molecule has 0 spiro atoms. The Kier molecular flexibility index (Phi) is 10.9. The third-order valence-electron chi connectivity index (χ3n) is 7.90. The molecule has 0 saturated carbocycles. The monoisotopic (exact) mass is 696 g/mol. The number of alkyl halides is 1. The number of hydrogen-bond acceptors (Lipinski definition) is 9. The molecule has 1 aromatic heterocycles. The summed E-state index contributed by atoms with van der Waals surface area (Å²) in [5, 5.41) is 0.535. The first-order chi connectivity index (χ1) is 22.1. The van der Waals surface area contributed by atoms with Crippen molar-refractivity contribution < 1.29 is 35.8 Å². The SMILES string of the molecule is COc1ccc(CN(c2ncns2)S(=O)(=O)c2cc(F)c(OC[C@@H]3CN(CCF)CC[C@H]3c3ccc(Cl)cc3)cc2F)c(OC)c1. The maximum absolute atomic E-state index is 15.6. The summed E-state index contributed by atoms with van der Waals surface area (Å²) in [5.41, 5.74) is 1.43. The van der Waals surface area contributed by atoms with Gasteiger partial charge in [0.05, 0.1) is 27.4 Å². The van der Waals surface area contributed by atoms with Gasteiger partial charge in [-0.2, -0.15) is 4.37 Å². The molecule has 246 valence electrons. The Labute approximate surface area is 274 Å². The van der Waals surface area contributed by atoms with E-state index < -0.39 is 39.0 Å². The van der Waals surface area contributed by atoms with Crippen LogP contribution in [0, 0.1) is 17.6 Å². The lowest BCUT2D eigenvalue weighted by atomic mass is 9.81. The highest BCUT2D eigenvalue weighted by Crippen LogP contribution is 2.36. The van der Waals surface area contributed by atoms with Crippen molar-refractivity contribution in [1.29, 1.82) is 0 Å². The van der Waals surface area contributed by atoms with Gasteiger partial charge in [-0.25, -0.2) is 30.9 Å². The number of aromatic nitrogens is 2. The number of nitrogens with zero attached hydrogens (tertiary/aromatic N) is 4. The normalized spacial score (nSPS) is 17.1. The van der Waals surface area contributed by atoms with Gasteiger partial charge in [-0.15, -0.1) is 0 Å². The third kappa shape index (κ3) is 7.51. The van der Waals surface area contributed by atoms with Gasteiger partial charge in [0.15, 0.2) is 11.6 Å². The molecule has 4 aromatic rings. The van der Waals surface area contributed by atoms with Crippen molar-refractivity contribution in [2.75, 3.05) is 51.4 Å². The molecule has 0 unspecified atom stereocenters. The number of anilines is 1. The van der Waals surface area contributed by atoms with Crippen molar-refractivity contribution in [1.82, 2.24) is 14.3 Å². The summed E-state index contributed by atoms with van der Waals surface area (Å²) in [6, 6.07) is 13.5. The highest BCUT2D eigenvalue weighted by molar-refractivity contribution is 7.93. The lowest BCUT2D eigenvalue weighted by molar-refractivity contribution is 0.104. The summed E-state index contributed by atoms with van der Waals surface area (Å²) in [5.74, 6) is -2.06. The molecule has 2 atom stereocenters. The van der Waals surface area contributed by atoms with Gasteiger partial charge in [-0.3, -0.25) is 0 Å². The summed E-state index contributed by atoms with van der Waals surface area (Å²) < 4.78 is 93.2. The quantitative estimate of drug-likeness (QED) is 0.160. The van der Waals surface area contributed by atoms with E-state index in [1.807, 2.05) is 17.0 Å². The van der Waals surface area contributed by atoms with Crippen LogP contribution in [0.25, 0.3) is 0 Å². The highest BCUT2D eigenvalue weighted by Gasteiger charge is 2.34. The van der Waals surface area contributed by atoms with E-state index in [2.05, 4.69) is 9.36 Å². The molecule has 1 saturated heterocycles. The molecule has 15 heteroatoms. The number of ether oxygens (including phenoxy) is 3. The second-order valence-electron chi connectivity index (χ2n) is 10.6. The molecule has 0 aliphatic carbocycles. The van der Waals surface area contributed by atoms with E-state index in [4.69, 9.17) is 25.8 Å². The average Bonchev–Trinajstić information content (AvgIpc) is 3.59. The van der Waals surface area contributed by atoms with Crippen LogP contribution in [0.2, 0.25) is 5.02 Å². The van der Waals surface area contributed by atoms with Crippen LogP contribution in [-0.2, 0) is 16.6 Å². The smallest absolute Gasteiger partial charge is 0.269 e. The predicted molar refractivity (Wildman–Crippen MR) is 169 cm³/mol. The molecule has 3 aromatic carbocycles. The molecule has 9 nitrogen and oxygen atoms in total. The molecule has 0 bridgehead atoms. The van der Waals surface area contributed by atoms with Crippen molar-refractivity contribution >= 4 is 38.3 Å². The summed E-state index contributed by atoms with van der Waals surface area (Å²) >= 11 is 6.85. The van der Waals surface area contributed by atoms with Gasteiger partial charge >= 0.3 is 0 Å². The van der Waals surface area contributed by atoms with Gasteiger partial charge in [0, 0.05) is 59.3 Å². The molecule has 1 aliphatic rings. The number of methoxy groups -OCH3 is 2. The van der Waals surface area contributed by atoms with Crippen molar-refractivity contribution in [2.45, 2.75) is 23.8 Å². The highest BCUT2D eigenvalue weighted by atomic mass is 35.5. The fourth-order valence-electron chi connectivity index (χ4n) is 5.55. The van der Waals surface area contributed by atoms with E-state index >= 15 is 8.78 Å². The first-order valence-electron chi connectivity index (χ1n) is 14.3. The topological polar surface area (TPSA) is 94.1 Å². The summed E-state index contributed by atoms with van der Waals surface area (Å²) in [6.07, 6.45) is 1.88. The molecular weight excluding hydrogens is 665 g/mol. The lowest BCUT2D eigenvalue weighted by Crippen LogP contribution is -2.42. The minimum Gasteiger partial charge on any atom is -0.497 e. The van der Waals surface area contributed by atoms with Gasteiger partial charge in [-0.1, -0.05) is 23.7 Å². The summed E-state index contributed by atoms with van der Waals surface area (Å²) in [7, 11) is -1.81. The Morgan fingerprint density at radius 3 is 2.50 bits per heavy atom. The zero-order valence-electron chi connectivity index (χ0n) is 25.0. The maximum atomic E-state index is 15.6. The largest absolute Gasteiger partial charge is 0.497 e. The van der Waals surface area contributed by atoms with Crippen LogP contribution in [0.15, 0.2) is 65.8 Å². The Bertz CT molecular complexity index is 1730. The standard InChI is InChI=1S/C31H32ClF3N4O5S2/c1-42-24-8-5-21(28(13-24)43-2)17-39(31-36-19-37-45-31)46(40,41)30-15-26(34)29(14-27(30)35)44-18-22-16-38(12-10-33)11-9-25(22)20-3-6-23(32)7-4-20/h3-8,13-15,19,22,25H,9-12,16-18H2,1-2H3/t22-,25-/m0/s1. The van der Waals surface area contributed by atoms with E-state index in [1.165, 1.54) is 20.5 Å². The van der Waals surface area contributed by atoms with Crippen LogP contribution in [0.5, 0.6) is 17.2 Å². The second-order valence-corrected chi connectivity index (χ2v) is 13.7. The van der Waals surface area contributed by atoms with Crippen molar-refractivity contribution in [3.05, 3.63) is 88.7 Å². The fraction of sp³-hybridized carbons (Fsp3) is 0.355. The number of sulfonamides is 1. The number of likely N-dealkylation sites (tertiary alicyclic amines) is 1. The van der Waals surface area contributed by atoms with Gasteiger partial charge in [-0.05, 0) is 48.7 Å². The number of hydrogen-bond donors (Lipinski definition) is 0. The maximum Gasteiger partial charge on any atom is 0.269 e. The van der Waals surface area contributed by atoms with Gasteiger partial charge in [0.1, 0.15) is 35.2 Å². The van der Waals surface area contributed by atoms with Crippen LogP contribution in [-0.4, -0.2) is 69.8 Å². The van der Waals surface area contributed by atoms with Crippen LogP contribution >= 0.6 is 23.1 Å². The zero-order chi connectivity index (χ0) is 32.8. The van der Waals surface area contributed by atoms with Crippen LogP contribution in [0.4, 0.5) is 18.3 Å². The van der Waals surface area contributed by atoms with Crippen molar-refractivity contribution in [2.24, 2.45) is 5.92 Å². The second kappa shape index (κ2) is 14.9. The minimum atomic E-state index is -4.70. The number of benzene rings is 3. The molecule has 1 fully saturated rings. The molecule has 0 radical (unpaired) electrons. The molecule has 0 N–H and O–H groups in total. The van der Waals surface area contributed by atoms with Crippen LogP contribution in [0.1, 0.15) is 23.5 Å². The first-order valence-corrected chi connectivity index (χ1v) is 16.9. The number of piperidine rings is 1. The lowest BCUT2D eigenvalue weighted by Gasteiger charge is -2.38. The first kappa shape index (κ1) is 33.8. The predicted octanol–water partition coefficient (Wildman–Crippen LogP) is 6.34. The van der Waals surface area contributed by atoms with Gasteiger partial charge in [0.25, 0.3) is 10.0 Å². The summed E-state index contributed by atoms with van der Waals surface area (Å²) in [6.45, 7) is 0.594. The van der Waals surface area contributed by atoms with Crippen molar-refractivity contribution in [3.8, 4) is 17.2 Å². The Morgan fingerprint density at radius 1 is 1.04 bits per heavy atom. The van der Waals surface area contributed by atoms with E-state index in [9.17, 15) is 12.8 Å². The van der Waals surface area contributed by atoms with Gasteiger partial charge in [0.2, 0.25) is 5.13 Å². The fourth-order valence-corrected chi connectivity index (χ4v) is 7.87. The molecule has 5 rings (SSSR count). The Hall–Kier alpha value is -3.59. The van der Waals surface area contributed by atoms with E-state index in [1.54, 1.807) is 30.3 Å². The average molecular weight is 697 g/mol. The number of rotatable bonds is 13. The van der Waals surface area contributed by atoms with E-state index in [0.717, 1.165) is 27.5 Å². The van der Waals surface area contributed by atoms with Crippen LogP contribution in [0.3, 0.4) is 0 Å². The third-order valence-corrected chi connectivity index (χ3v) is 10.7. The van der Waals surface area contributed by atoms with Gasteiger partial charge < -0.3 is 19.1 Å². The minimum absolute atomic E-state index is 0.00723. The zero-order valence-corrected chi connectivity index (χ0v) is 27.4. The van der Waals surface area contributed by atoms with E-state index in [-0.39, 0.29) is 36.7 Å². The molecule has 46 heavy (non-hydrogen) atoms. The molecular formula is C31H32ClF3N4O5S2.